The van der Waals surface area contributed by atoms with Crippen LogP contribution in [0.1, 0.15) is 19.8 Å². The van der Waals surface area contributed by atoms with E-state index in [2.05, 4.69) is 27.1 Å². The van der Waals surface area contributed by atoms with E-state index < -0.39 is 0 Å². The predicted molar refractivity (Wildman–Crippen MR) is 87.3 cm³/mol. The van der Waals surface area contributed by atoms with Crippen molar-refractivity contribution in [2.24, 2.45) is 0 Å². The molecule has 2 heterocycles. The van der Waals surface area contributed by atoms with Crippen molar-refractivity contribution in [3.63, 3.8) is 0 Å². The maximum atomic E-state index is 6.29. The zero-order valence-electron chi connectivity index (χ0n) is 12.3. The summed E-state index contributed by atoms with van der Waals surface area (Å²) in [6, 6.07) is 2.33. The predicted octanol–water partition coefficient (Wildman–Crippen LogP) is 3.35. The van der Waals surface area contributed by atoms with Gasteiger partial charge in [0, 0.05) is 26.2 Å². The van der Waals surface area contributed by atoms with E-state index in [1.54, 1.807) is 6.07 Å². The number of nitrogens with zero attached hydrogens (tertiary/aromatic N) is 3. The van der Waals surface area contributed by atoms with Gasteiger partial charge in [-0.1, -0.05) is 23.2 Å². The summed E-state index contributed by atoms with van der Waals surface area (Å²) in [5, 5.41) is 4.32. The van der Waals surface area contributed by atoms with Crippen molar-refractivity contribution < 1.29 is 0 Å². The van der Waals surface area contributed by atoms with Crippen LogP contribution in [0.15, 0.2) is 6.07 Å². The van der Waals surface area contributed by atoms with Gasteiger partial charge in [0.25, 0.3) is 0 Å². The number of halogens is 2. The second-order valence-electron chi connectivity index (χ2n) is 5.31. The SMILES string of the molecule is CCNc1nc(N(C)CC2CCCN2C)c(Cl)cc1Cl. The number of aromatic nitrogens is 1. The molecule has 1 aromatic heterocycles. The lowest BCUT2D eigenvalue weighted by Gasteiger charge is -2.27. The molecule has 4 nitrogen and oxygen atoms in total. The first-order chi connectivity index (χ1) is 9.52. The molecule has 2 rings (SSSR count). The molecule has 112 valence electrons. The van der Waals surface area contributed by atoms with E-state index in [0.717, 1.165) is 18.9 Å². The lowest BCUT2D eigenvalue weighted by atomic mass is 10.2. The highest BCUT2D eigenvalue weighted by Crippen LogP contribution is 2.31. The minimum absolute atomic E-state index is 0.562. The number of nitrogens with one attached hydrogen (secondary N) is 1. The molecule has 1 N–H and O–H groups in total. The van der Waals surface area contributed by atoms with Gasteiger partial charge in [0.05, 0.1) is 10.0 Å². The Hall–Kier alpha value is -0.710. The number of anilines is 2. The van der Waals surface area contributed by atoms with Crippen LogP contribution in [0, 0.1) is 0 Å². The van der Waals surface area contributed by atoms with Crippen molar-refractivity contribution in [2.45, 2.75) is 25.8 Å². The zero-order chi connectivity index (χ0) is 14.7. The van der Waals surface area contributed by atoms with Crippen LogP contribution in [0.4, 0.5) is 11.6 Å². The fraction of sp³-hybridized carbons (Fsp3) is 0.643. The third kappa shape index (κ3) is 3.48. The standard InChI is InChI=1S/C14H22Cl2N4/c1-4-17-13-11(15)8-12(16)14(18-13)20(3)9-10-6-5-7-19(10)2/h8,10H,4-7,9H2,1-3H3,(H,17,18). The molecular weight excluding hydrogens is 295 g/mol. The molecule has 1 atom stereocenters. The Morgan fingerprint density at radius 3 is 2.80 bits per heavy atom. The minimum Gasteiger partial charge on any atom is -0.369 e. The largest absolute Gasteiger partial charge is 0.369 e. The molecule has 1 fully saturated rings. The van der Waals surface area contributed by atoms with Gasteiger partial charge in [0.1, 0.15) is 11.6 Å². The third-order valence-electron chi connectivity index (χ3n) is 3.77. The summed E-state index contributed by atoms with van der Waals surface area (Å²) in [4.78, 5) is 9.07. The number of pyridine rings is 1. The highest BCUT2D eigenvalue weighted by molar-refractivity contribution is 6.37. The molecule has 20 heavy (non-hydrogen) atoms. The highest BCUT2D eigenvalue weighted by Gasteiger charge is 2.23. The maximum Gasteiger partial charge on any atom is 0.149 e. The Morgan fingerprint density at radius 2 is 2.20 bits per heavy atom. The molecule has 1 aromatic rings. The van der Waals surface area contributed by atoms with Crippen molar-refractivity contribution in [1.82, 2.24) is 9.88 Å². The van der Waals surface area contributed by atoms with Crippen LogP contribution in [-0.2, 0) is 0 Å². The summed E-state index contributed by atoms with van der Waals surface area (Å²) in [6.45, 7) is 4.89. The average Bonchev–Trinajstić information content (AvgIpc) is 2.78. The van der Waals surface area contributed by atoms with Crippen LogP contribution in [0.3, 0.4) is 0 Å². The number of rotatable bonds is 5. The normalized spacial score (nSPS) is 19.4. The van der Waals surface area contributed by atoms with Crippen molar-refractivity contribution in [2.75, 3.05) is 43.9 Å². The van der Waals surface area contributed by atoms with Crippen molar-refractivity contribution in [3.05, 3.63) is 16.1 Å². The lowest BCUT2D eigenvalue weighted by Crippen LogP contribution is -2.37. The van der Waals surface area contributed by atoms with E-state index in [0.29, 0.717) is 21.9 Å². The molecule has 1 aliphatic heterocycles. The van der Waals surface area contributed by atoms with Crippen LogP contribution < -0.4 is 10.2 Å². The van der Waals surface area contributed by atoms with E-state index in [1.807, 2.05) is 14.0 Å². The number of hydrogen-bond acceptors (Lipinski definition) is 4. The highest BCUT2D eigenvalue weighted by atomic mass is 35.5. The average molecular weight is 317 g/mol. The first kappa shape index (κ1) is 15.7. The summed E-state index contributed by atoms with van der Waals surface area (Å²) < 4.78 is 0. The summed E-state index contributed by atoms with van der Waals surface area (Å²) in [6.07, 6.45) is 2.49. The molecule has 0 saturated carbocycles. The zero-order valence-corrected chi connectivity index (χ0v) is 13.8. The van der Waals surface area contributed by atoms with Crippen molar-refractivity contribution >= 4 is 34.8 Å². The first-order valence-electron chi connectivity index (χ1n) is 7.04. The molecule has 0 radical (unpaired) electrons. The molecule has 0 spiro atoms. The minimum atomic E-state index is 0.562. The Bertz CT molecular complexity index is 467. The van der Waals surface area contributed by atoms with Gasteiger partial charge >= 0.3 is 0 Å². The van der Waals surface area contributed by atoms with Crippen LogP contribution in [0.25, 0.3) is 0 Å². The van der Waals surface area contributed by atoms with Gasteiger partial charge in [-0.05, 0) is 39.4 Å². The first-order valence-corrected chi connectivity index (χ1v) is 7.79. The smallest absolute Gasteiger partial charge is 0.149 e. The monoisotopic (exact) mass is 316 g/mol. The van der Waals surface area contributed by atoms with E-state index in [4.69, 9.17) is 23.2 Å². The third-order valence-corrected chi connectivity index (χ3v) is 4.34. The number of likely N-dealkylation sites (tertiary alicyclic amines) is 1. The van der Waals surface area contributed by atoms with Gasteiger partial charge in [-0.15, -0.1) is 0 Å². The summed E-state index contributed by atoms with van der Waals surface area (Å²) >= 11 is 12.4. The van der Waals surface area contributed by atoms with Gasteiger partial charge in [-0.2, -0.15) is 0 Å². The molecular formula is C14H22Cl2N4. The molecule has 0 bridgehead atoms. The molecule has 1 unspecified atom stereocenters. The van der Waals surface area contributed by atoms with Gasteiger partial charge < -0.3 is 15.1 Å². The molecule has 0 aliphatic carbocycles. The second kappa shape index (κ2) is 6.83. The number of hydrogen-bond donors (Lipinski definition) is 1. The molecule has 0 amide bonds. The van der Waals surface area contributed by atoms with Crippen molar-refractivity contribution in [3.8, 4) is 0 Å². The lowest BCUT2D eigenvalue weighted by molar-refractivity contribution is 0.314. The maximum absolute atomic E-state index is 6.29. The van der Waals surface area contributed by atoms with Gasteiger partial charge in [0.2, 0.25) is 0 Å². The summed E-state index contributed by atoms with van der Waals surface area (Å²) in [7, 11) is 4.20. The Labute approximate surface area is 131 Å². The van der Waals surface area contributed by atoms with Crippen LogP contribution in [0.5, 0.6) is 0 Å². The molecule has 6 heteroatoms. The van der Waals surface area contributed by atoms with Crippen LogP contribution in [0.2, 0.25) is 10.0 Å². The van der Waals surface area contributed by atoms with Gasteiger partial charge in [-0.3, -0.25) is 0 Å². The van der Waals surface area contributed by atoms with Crippen LogP contribution >= 0.6 is 23.2 Å². The van der Waals surface area contributed by atoms with E-state index in [1.165, 1.54) is 19.4 Å². The van der Waals surface area contributed by atoms with E-state index in [-0.39, 0.29) is 0 Å². The van der Waals surface area contributed by atoms with E-state index >= 15 is 0 Å². The van der Waals surface area contributed by atoms with Gasteiger partial charge in [0.15, 0.2) is 0 Å². The summed E-state index contributed by atoms with van der Waals surface area (Å²) in [5.41, 5.74) is 0. The van der Waals surface area contributed by atoms with Crippen molar-refractivity contribution in [1.29, 1.82) is 0 Å². The van der Waals surface area contributed by atoms with Gasteiger partial charge in [-0.25, -0.2) is 4.98 Å². The van der Waals surface area contributed by atoms with Crippen LogP contribution in [-0.4, -0.2) is 49.7 Å². The Kier molecular flexibility index (Phi) is 5.35. The molecule has 1 saturated heterocycles. The Balaban J connectivity index is 2.15. The topological polar surface area (TPSA) is 31.4 Å². The van der Waals surface area contributed by atoms with E-state index in [9.17, 15) is 0 Å². The fourth-order valence-corrected chi connectivity index (χ4v) is 3.20. The molecule has 1 aliphatic rings. The second-order valence-corrected chi connectivity index (χ2v) is 6.13. The Morgan fingerprint density at radius 1 is 1.45 bits per heavy atom. The quantitative estimate of drug-likeness (QED) is 0.902. The molecule has 0 aromatic carbocycles. The number of likely N-dealkylation sites (N-methyl/N-ethyl adjacent to an activating group) is 2. The summed E-state index contributed by atoms with van der Waals surface area (Å²) in [5.74, 6) is 1.48. The fourth-order valence-electron chi connectivity index (χ4n) is 2.63.